The number of esters is 1. The highest BCUT2D eigenvalue weighted by molar-refractivity contribution is 7.89. The first kappa shape index (κ1) is 22.3. The third-order valence-corrected chi connectivity index (χ3v) is 6.38. The van der Waals surface area contributed by atoms with Crippen molar-refractivity contribution in [2.75, 3.05) is 13.7 Å². The van der Waals surface area contributed by atoms with Crippen LogP contribution in [-0.2, 0) is 21.3 Å². The quantitative estimate of drug-likeness (QED) is 0.625. The molecule has 0 radical (unpaired) electrons. The Bertz CT molecular complexity index is 897. The Morgan fingerprint density at radius 2 is 1.71 bits per heavy atom. The number of ether oxygens (including phenoxy) is 1. The molecule has 0 saturated carbocycles. The van der Waals surface area contributed by atoms with Crippen LogP contribution in [0.3, 0.4) is 0 Å². The van der Waals surface area contributed by atoms with E-state index in [-0.39, 0.29) is 11.4 Å². The van der Waals surface area contributed by atoms with Gasteiger partial charge in [0.1, 0.15) is 0 Å². The average molecular weight is 428 g/mol. The summed E-state index contributed by atoms with van der Waals surface area (Å²) in [6.07, 6.45) is -1.11. The normalized spacial score (nSPS) is 13.9. The van der Waals surface area contributed by atoms with Gasteiger partial charge in [-0.25, -0.2) is 13.2 Å². The fourth-order valence-electron chi connectivity index (χ4n) is 2.65. The molecule has 2 rings (SSSR count). The van der Waals surface area contributed by atoms with Crippen LogP contribution in [0.1, 0.15) is 22.8 Å². The third-order valence-electron chi connectivity index (χ3n) is 4.25. The second-order valence-corrected chi connectivity index (χ2v) is 8.51. The minimum absolute atomic E-state index is 0.0119. The number of rotatable bonds is 8. The molecule has 2 unspecified atom stereocenters. The molecule has 0 bridgehead atoms. The van der Waals surface area contributed by atoms with Crippen molar-refractivity contribution in [3.05, 3.63) is 64.7 Å². The van der Waals surface area contributed by atoms with Gasteiger partial charge in [0.15, 0.2) is 0 Å². The first-order valence-electron chi connectivity index (χ1n) is 8.44. The fourth-order valence-corrected chi connectivity index (χ4v) is 4.45. The molecule has 2 atom stereocenters. The summed E-state index contributed by atoms with van der Waals surface area (Å²) in [5.41, 5.74) is 0.900. The molecule has 0 aliphatic heterocycles. The van der Waals surface area contributed by atoms with Gasteiger partial charge < -0.3 is 14.9 Å². The van der Waals surface area contributed by atoms with Crippen LogP contribution in [0, 0.1) is 0 Å². The molecule has 0 saturated heterocycles. The molecule has 0 heterocycles. The molecule has 2 N–H and O–H groups in total. The summed E-state index contributed by atoms with van der Waals surface area (Å²) in [5.74, 6) is -0.505. The predicted octanol–water partition coefficient (Wildman–Crippen LogP) is 2.06. The van der Waals surface area contributed by atoms with E-state index >= 15 is 0 Å². The summed E-state index contributed by atoms with van der Waals surface area (Å²) >= 11 is 5.84. The Balaban J connectivity index is 2.42. The van der Waals surface area contributed by atoms with Crippen LogP contribution in [0.2, 0.25) is 5.02 Å². The van der Waals surface area contributed by atoms with Gasteiger partial charge in [0.25, 0.3) is 0 Å². The summed E-state index contributed by atoms with van der Waals surface area (Å²) in [5, 5.41) is 20.1. The lowest BCUT2D eigenvalue weighted by Gasteiger charge is -2.31. The fraction of sp³-hybridized carbons (Fsp3) is 0.316. The van der Waals surface area contributed by atoms with Gasteiger partial charge in [0.05, 0.1) is 36.3 Å². The van der Waals surface area contributed by atoms with Crippen molar-refractivity contribution in [2.45, 2.75) is 30.5 Å². The highest BCUT2D eigenvalue weighted by Crippen LogP contribution is 2.24. The van der Waals surface area contributed by atoms with Crippen molar-refractivity contribution in [2.24, 2.45) is 0 Å². The Morgan fingerprint density at radius 3 is 2.18 bits per heavy atom. The van der Waals surface area contributed by atoms with E-state index in [4.69, 9.17) is 11.6 Å². The number of nitrogens with zero attached hydrogens (tertiary/aromatic N) is 1. The highest BCUT2D eigenvalue weighted by Gasteiger charge is 2.34. The van der Waals surface area contributed by atoms with E-state index in [1.807, 2.05) is 0 Å². The minimum atomic E-state index is -4.04. The van der Waals surface area contributed by atoms with E-state index < -0.39 is 34.7 Å². The van der Waals surface area contributed by atoms with Crippen molar-refractivity contribution in [1.29, 1.82) is 0 Å². The second-order valence-electron chi connectivity index (χ2n) is 6.18. The Kier molecular flexibility index (Phi) is 7.56. The Morgan fingerprint density at radius 1 is 1.14 bits per heavy atom. The van der Waals surface area contributed by atoms with Crippen LogP contribution in [0.4, 0.5) is 0 Å². The standard InChI is InChI=1S/C19H22ClNO6S/c1-13(23)18(12-22)21(28(25,26)17-9-7-16(20)8-10-17)11-14-3-5-15(6-4-14)19(24)27-2/h3-10,13,18,22-23H,11-12H2,1-2H3. The maximum atomic E-state index is 13.2. The van der Waals surface area contributed by atoms with E-state index in [0.29, 0.717) is 16.1 Å². The SMILES string of the molecule is COC(=O)c1ccc(CN(C(CO)C(C)O)S(=O)(=O)c2ccc(Cl)cc2)cc1. The number of benzene rings is 2. The van der Waals surface area contributed by atoms with Gasteiger partial charge in [-0.1, -0.05) is 23.7 Å². The van der Waals surface area contributed by atoms with Crippen molar-refractivity contribution < 1.29 is 28.2 Å². The van der Waals surface area contributed by atoms with Crippen molar-refractivity contribution in [1.82, 2.24) is 4.31 Å². The average Bonchev–Trinajstić information content (AvgIpc) is 2.67. The topological polar surface area (TPSA) is 104 Å². The number of carbonyl (C=O) groups is 1. The summed E-state index contributed by atoms with van der Waals surface area (Å²) in [6, 6.07) is 10.8. The van der Waals surface area contributed by atoms with Gasteiger partial charge in [0.2, 0.25) is 10.0 Å². The van der Waals surface area contributed by atoms with Crippen LogP contribution < -0.4 is 0 Å². The number of halogens is 1. The van der Waals surface area contributed by atoms with Gasteiger partial charge in [-0.3, -0.25) is 0 Å². The summed E-state index contributed by atoms with van der Waals surface area (Å²) in [4.78, 5) is 11.5. The lowest BCUT2D eigenvalue weighted by atomic mass is 10.1. The Labute approximate surface area is 169 Å². The summed E-state index contributed by atoms with van der Waals surface area (Å²) < 4.78 is 32.0. The van der Waals surface area contributed by atoms with E-state index in [9.17, 15) is 23.4 Å². The number of sulfonamides is 1. The summed E-state index contributed by atoms with van der Waals surface area (Å²) in [7, 11) is -2.77. The van der Waals surface area contributed by atoms with E-state index in [1.165, 1.54) is 50.4 Å². The van der Waals surface area contributed by atoms with Gasteiger partial charge >= 0.3 is 5.97 Å². The zero-order chi connectivity index (χ0) is 20.9. The van der Waals surface area contributed by atoms with Crippen LogP contribution in [0.25, 0.3) is 0 Å². The van der Waals surface area contributed by atoms with Gasteiger partial charge in [0, 0.05) is 11.6 Å². The predicted molar refractivity (Wildman–Crippen MR) is 105 cm³/mol. The maximum absolute atomic E-state index is 13.2. The monoisotopic (exact) mass is 427 g/mol. The van der Waals surface area contributed by atoms with Crippen LogP contribution >= 0.6 is 11.6 Å². The zero-order valence-corrected chi connectivity index (χ0v) is 17.0. The molecule has 0 aliphatic rings. The molecule has 9 heteroatoms. The maximum Gasteiger partial charge on any atom is 0.337 e. The van der Waals surface area contributed by atoms with E-state index in [2.05, 4.69) is 4.74 Å². The zero-order valence-electron chi connectivity index (χ0n) is 15.4. The molecule has 0 fully saturated rings. The molecule has 0 spiro atoms. The van der Waals surface area contributed by atoms with E-state index in [1.54, 1.807) is 12.1 Å². The Hall–Kier alpha value is -1.97. The smallest absolute Gasteiger partial charge is 0.337 e. The number of hydrogen-bond donors (Lipinski definition) is 2. The highest BCUT2D eigenvalue weighted by atomic mass is 35.5. The van der Waals surface area contributed by atoms with E-state index in [0.717, 1.165) is 4.31 Å². The molecule has 2 aromatic carbocycles. The second kappa shape index (κ2) is 9.49. The van der Waals surface area contributed by atoms with Gasteiger partial charge in [-0.2, -0.15) is 4.31 Å². The third kappa shape index (κ3) is 5.09. The summed E-state index contributed by atoms with van der Waals surface area (Å²) in [6.45, 7) is 0.735. The molecular formula is C19H22ClNO6S. The molecule has 0 aliphatic carbocycles. The minimum Gasteiger partial charge on any atom is -0.465 e. The molecule has 28 heavy (non-hydrogen) atoms. The van der Waals surface area contributed by atoms with Crippen LogP contribution in [0.15, 0.2) is 53.4 Å². The van der Waals surface area contributed by atoms with Gasteiger partial charge in [-0.15, -0.1) is 0 Å². The first-order valence-corrected chi connectivity index (χ1v) is 10.3. The molecule has 0 amide bonds. The number of hydrogen-bond acceptors (Lipinski definition) is 6. The molecule has 7 nitrogen and oxygen atoms in total. The largest absolute Gasteiger partial charge is 0.465 e. The molecule has 0 aromatic heterocycles. The number of aliphatic hydroxyl groups is 2. The molecule has 2 aromatic rings. The van der Waals surface area contributed by atoms with Crippen molar-refractivity contribution >= 4 is 27.6 Å². The van der Waals surface area contributed by atoms with Crippen molar-refractivity contribution in [3.8, 4) is 0 Å². The molecular weight excluding hydrogens is 406 g/mol. The number of carbonyl (C=O) groups excluding carboxylic acids is 1. The number of aliphatic hydroxyl groups excluding tert-OH is 2. The van der Waals surface area contributed by atoms with Crippen LogP contribution in [-0.4, -0.2) is 54.8 Å². The lowest BCUT2D eigenvalue weighted by Crippen LogP contribution is -2.47. The van der Waals surface area contributed by atoms with Crippen molar-refractivity contribution in [3.63, 3.8) is 0 Å². The van der Waals surface area contributed by atoms with Gasteiger partial charge in [-0.05, 0) is 48.9 Å². The van der Waals surface area contributed by atoms with Crippen LogP contribution in [0.5, 0.6) is 0 Å². The number of methoxy groups -OCH3 is 1. The molecule has 152 valence electrons. The lowest BCUT2D eigenvalue weighted by molar-refractivity contribution is 0.0600. The first-order chi connectivity index (χ1) is 13.2.